The molecule has 2 N–H and O–H groups in total. The number of aromatic nitrogens is 1. The Kier molecular flexibility index (Phi) is 3.28. The fourth-order valence-electron chi connectivity index (χ4n) is 2.50. The van der Waals surface area contributed by atoms with E-state index in [-0.39, 0.29) is 16.9 Å². The van der Waals surface area contributed by atoms with Gasteiger partial charge in [0.15, 0.2) is 5.78 Å². The largest absolute Gasteiger partial charge is 0.508 e. The lowest BCUT2D eigenvalue weighted by molar-refractivity contribution is 0.0858. The Balaban J connectivity index is 2.04. The average Bonchev–Trinajstić information content (AvgIpc) is 2.89. The number of ketones is 1. The Hall–Kier alpha value is -2.55. The molecule has 0 fully saturated rings. The van der Waals surface area contributed by atoms with Crippen LogP contribution in [0.1, 0.15) is 31.1 Å². The van der Waals surface area contributed by atoms with Gasteiger partial charge >= 0.3 is 0 Å². The molecule has 112 valence electrons. The van der Waals surface area contributed by atoms with Crippen LogP contribution in [0.5, 0.6) is 5.75 Å². The Morgan fingerprint density at radius 2 is 1.68 bits per heavy atom. The molecule has 1 heterocycles. The molecule has 0 unspecified atom stereocenters. The first kappa shape index (κ1) is 14.4. The lowest BCUT2D eigenvalue weighted by atomic mass is 9.86. The number of phenolic OH excluding ortho intramolecular Hbond substituents is 1. The summed E-state index contributed by atoms with van der Waals surface area (Å²) in [6, 6.07) is 14.8. The molecule has 2 aromatic carbocycles. The number of aromatic hydroxyl groups is 1. The van der Waals surface area contributed by atoms with Crippen molar-refractivity contribution in [3.8, 4) is 17.0 Å². The molecule has 0 aliphatic heterocycles. The molecule has 0 atom stereocenters. The quantitative estimate of drug-likeness (QED) is 0.669. The van der Waals surface area contributed by atoms with Crippen LogP contribution in [0.15, 0.2) is 48.5 Å². The third kappa shape index (κ3) is 2.62. The van der Waals surface area contributed by atoms with Crippen molar-refractivity contribution < 1.29 is 9.90 Å². The fraction of sp³-hybridized carbons (Fsp3) is 0.211. The van der Waals surface area contributed by atoms with Gasteiger partial charge < -0.3 is 10.1 Å². The van der Waals surface area contributed by atoms with Crippen LogP contribution >= 0.6 is 0 Å². The smallest absolute Gasteiger partial charge is 0.168 e. The van der Waals surface area contributed by atoms with Crippen molar-refractivity contribution in [1.29, 1.82) is 0 Å². The second-order valence-corrected chi connectivity index (χ2v) is 6.61. The minimum absolute atomic E-state index is 0.141. The summed E-state index contributed by atoms with van der Waals surface area (Å²) in [5, 5.41) is 10.4. The first-order chi connectivity index (χ1) is 10.3. The van der Waals surface area contributed by atoms with Gasteiger partial charge in [-0.1, -0.05) is 20.8 Å². The lowest BCUT2D eigenvalue weighted by Gasteiger charge is -2.16. The van der Waals surface area contributed by atoms with Crippen molar-refractivity contribution in [1.82, 2.24) is 4.98 Å². The maximum absolute atomic E-state index is 12.4. The maximum atomic E-state index is 12.4. The number of carbonyl (C=O) groups excluding carboxylic acids is 1. The van der Waals surface area contributed by atoms with E-state index in [1.54, 1.807) is 12.1 Å². The van der Waals surface area contributed by atoms with Gasteiger partial charge in [0.25, 0.3) is 0 Å². The minimum Gasteiger partial charge on any atom is -0.508 e. The first-order valence-corrected chi connectivity index (χ1v) is 7.31. The summed E-state index contributed by atoms with van der Waals surface area (Å²) in [4.78, 5) is 15.7. The zero-order valence-electron chi connectivity index (χ0n) is 13.0. The van der Waals surface area contributed by atoms with Gasteiger partial charge in [-0.15, -0.1) is 0 Å². The molecule has 3 heteroatoms. The zero-order chi connectivity index (χ0) is 15.9. The van der Waals surface area contributed by atoms with E-state index in [2.05, 4.69) is 4.98 Å². The van der Waals surface area contributed by atoms with Gasteiger partial charge in [0.1, 0.15) is 5.75 Å². The second kappa shape index (κ2) is 5.02. The highest BCUT2D eigenvalue weighted by atomic mass is 16.3. The predicted molar refractivity (Wildman–Crippen MR) is 89.2 cm³/mol. The number of fused-ring (bicyclic) bond motifs is 1. The molecule has 22 heavy (non-hydrogen) atoms. The highest BCUT2D eigenvalue weighted by Crippen LogP contribution is 2.28. The van der Waals surface area contributed by atoms with E-state index in [1.165, 1.54) is 0 Å². The van der Waals surface area contributed by atoms with Gasteiger partial charge in [-0.05, 0) is 54.1 Å². The van der Waals surface area contributed by atoms with Crippen LogP contribution in [-0.4, -0.2) is 15.9 Å². The topological polar surface area (TPSA) is 53.1 Å². The SMILES string of the molecule is CC(C)(C)C(=O)c1ccc2[nH]c(-c3ccc(O)cc3)cc2c1. The summed E-state index contributed by atoms with van der Waals surface area (Å²) in [6.07, 6.45) is 0. The molecule has 0 bridgehead atoms. The molecule has 0 aliphatic rings. The molecule has 3 rings (SSSR count). The van der Waals surface area contributed by atoms with Gasteiger partial charge in [-0.2, -0.15) is 0 Å². The summed E-state index contributed by atoms with van der Waals surface area (Å²) >= 11 is 0. The first-order valence-electron chi connectivity index (χ1n) is 7.31. The van der Waals surface area contributed by atoms with E-state index in [0.29, 0.717) is 0 Å². The maximum Gasteiger partial charge on any atom is 0.168 e. The standard InChI is InChI=1S/C19H19NO2/c1-19(2,3)18(22)13-6-9-16-14(10-13)11-17(20-16)12-4-7-15(21)8-5-12/h4-11,20-21H,1-3H3. The number of H-pyrrole nitrogens is 1. The number of carbonyl (C=O) groups is 1. The summed E-state index contributed by atoms with van der Waals surface area (Å²) in [6.45, 7) is 5.79. The van der Waals surface area contributed by atoms with Crippen LogP contribution in [0.3, 0.4) is 0 Å². The predicted octanol–water partition coefficient (Wildman–Crippen LogP) is 4.77. The van der Waals surface area contributed by atoms with E-state index >= 15 is 0 Å². The average molecular weight is 293 g/mol. The van der Waals surface area contributed by atoms with E-state index < -0.39 is 0 Å². The van der Waals surface area contributed by atoms with Crippen LogP contribution in [0, 0.1) is 5.41 Å². The summed E-state index contributed by atoms with van der Waals surface area (Å²) < 4.78 is 0. The molecule has 1 aromatic heterocycles. The molecule has 0 aliphatic carbocycles. The number of rotatable bonds is 2. The second-order valence-electron chi connectivity index (χ2n) is 6.61. The minimum atomic E-state index is -0.385. The molecule has 0 spiro atoms. The Labute approximate surface area is 129 Å². The molecule has 0 saturated heterocycles. The fourth-order valence-corrected chi connectivity index (χ4v) is 2.50. The Morgan fingerprint density at radius 1 is 1.00 bits per heavy atom. The highest BCUT2D eigenvalue weighted by molar-refractivity contribution is 6.03. The Bertz CT molecular complexity index is 836. The van der Waals surface area contributed by atoms with Crippen LogP contribution in [-0.2, 0) is 0 Å². The normalized spacial score (nSPS) is 11.8. The number of hydrogen-bond donors (Lipinski definition) is 2. The number of phenols is 1. The summed E-state index contributed by atoms with van der Waals surface area (Å²) in [5.74, 6) is 0.389. The zero-order valence-corrected chi connectivity index (χ0v) is 13.0. The number of hydrogen-bond acceptors (Lipinski definition) is 2. The molecule has 3 aromatic rings. The molecule has 0 amide bonds. The van der Waals surface area contributed by atoms with Gasteiger partial charge in [0.2, 0.25) is 0 Å². The Morgan fingerprint density at radius 3 is 2.32 bits per heavy atom. The molecular weight excluding hydrogens is 274 g/mol. The molecule has 0 saturated carbocycles. The van der Waals surface area contributed by atoms with Gasteiger partial charge in [-0.25, -0.2) is 0 Å². The van der Waals surface area contributed by atoms with E-state index in [0.717, 1.165) is 27.7 Å². The number of nitrogens with one attached hydrogen (secondary N) is 1. The van der Waals surface area contributed by atoms with Crippen molar-refractivity contribution in [3.63, 3.8) is 0 Å². The van der Waals surface area contributed by atoms with Crippen molar-refractivity contribution >= 4 is 16.7 Å². The van der Waals surface area contributed by atoms with Gasteiger partial charge in [0, 0.05) is 27.6 Å². The third-order valence-corrected chi connectivity index (χ3v) is 3.74. The number of aromatic amines is 1. The summed E-state index contributed by atoms with van der Waals surface area (Å²) in [7, 11) is 0. The van der Waals surface area contributed by atoms with Crippen molar-refractivity contribution in [2.45, 2.75) is 20.8 Å². The molecular formula is C19H19NO2. The van der Waals surface area contributed by atoms with E-state index in [9.17, 15) is 9.90 Å². The molecule has 3 nitrogen and oxygen atoms in total. The van der Waals surface area contributed by atoms with Gasteiger partial charge in [-0.3, -0.25) is 4.79 Å². The third-order valence-electron chi connectivity index (χ3n) is 3.74. The van der Waals surface area contributed by atoms with E-state index in [1.807, 2.05) is 57.2 Å². The summed E-state index contributed by atoms with van der Waals surface area (Å²) in [5.41, 5.74) is 3.31. The molecule has 0 radical (unpaired) electrons. The number of benzene rings is 2. The van der Waals surface area contributed by atoms with Crippen molar-refractivity contribution in [3.05, 3.63) is 54.1 Å². The lowest BCUT2D eigenvalue weighted by Crippen LogP contribution is -2.19. The van der Waals surface area contributed by atoms with Crippen LogP contribution < -0.4 is 0 Å². The monoisotopic (exact) mass is 293 g/mol. The van der Waals surface area contributed by atoms with Gasteiger partial charge in [0.05, 0.1) is 0 Å². The van der Waals surface area contributed by atoms with Crippen LogP contribution in [0.2, 0.25) is 0 Å². The highest BCUT2D eigenvalue weighted by Gasteiger charge is 2.23. The van der Waals surface area contributed by atoms with Crippen molar-refractivity contribution in [2.75, 3.05) is 0 Å². The van der Waals surface area contributed by atoms with Crippen LogP contribution in [0.25, 0.3) is 22.2 Å². The number of Topliss-reactive ketones (excluding diaryl/α,β-unsaturated/α-hetero) is 1. The van der Waals surface area contributed by atoms with Crippen molar-refractivity contribution in [2.24, 2.45) is 5.41 Å². The van der Waals surface area contributed by atoms with E-state index in [4.69, 9.17) is 0 Å². The van der Waals surface area contributed by atoms with Crippen LogP contribution in [0.4, 0.5) is 0 Å².